The first-order valence-electron chi connectivity index (χ1n) is 8.45. The molecule has 0 bridgehead atoms. The Labute approximate surface area is 157 Å². The van der Waals surface area contributed by atoms with Gasteiger partial charge in [0.25, 0.3) is 0 Å². The maximum absolute atomic E-state index is 12.4. The number of anilines is 1. The Hall–Kier alpha value is -2.53. The topological polar surface area (TPSA) is 67.4 Å². The molecule has 0 radical (unpaired) electrons. The van der Waals surface area contributed by atoms with E-state index in [2.05, 4.69) is 10.6 Å². The van der Waals surface area contributed by atoms with E-state index in [0.717, 1.165) is 11.1 Å². The van der Waals surface area contributed by atoms with Crippen LogP contribution in [0.25, 0.3) is 0 Å². The fraction of sp³-hybridized carbons (Fsp3) is 0.300. The molecule has 1 fully saturated rings. The first-order chi connectivity index (χ1) is 12.5. The van der Waals surface area contributed by atoms with Gasteiger partial charge in [-0.15, -0.1) is 0 Å². The molecule has 2 atom stereocenters. The molecule has 136 valence electrons. The van der Waals surface area contributed by atoms with E-state index in [1.54, 1.807) is 18.2 Å². The van der Waals surface area contributed by atoms with Gasteiger partial charge >= 0.3 is 0 Å². The lowest BCUT2D eigenvalue weighted by Crippen LogP contribution is -2.27. The van der Waals surface area contributed by atoms with Crippen LogP contribution in [0.15, 0.2) is 42.5 Å². The molecule has 0 aliphatic heterocycles. The van der Waals surface area contributed by atoms with E-state index in [1.165, 1.54) is 7.11 Å². The van der Waals surface area contributed by atoms with Crippen LogP contribution in [0.5, 0.6) is 5.75 Å². The van der Waals surface area contributed by atoms with Crippen molar-refractivity contribution in [3.63, 3.8) is 0 Å². The van der Waals surface area contributed by atoms with E-state index < -0.39 is 0 Å². The van der Waals surface area contributed by atoms with Gasteiger partial charge in [0.2, 0.25) is 11.8 Å². The lowest BCUT2D eigenvalue weighted by Gasteiger charge is -2.10. The molecule has 2 unspecified atom stereocenters. The third-order valence-corrected chi connectivity index (χ3v) is 4.67. The van der Waals surface area contributed by atoms with Gasteiger partial charge in [0.05, 0.1) is 24.6 Å². The average Bonchev–Trinajstić information content (AvgIpc) is 3.41. The van der Waals surface area contributed by atoms with Crippen LogP contribution in [-0.2, 0) is 16.1 Å². The minimum absolute atomic E-state index is 0.0929. The molecular weight excluding hydrogens is 352 g/mol. The van der Waals surface area contributed by atoms with Crippen molar-refractivity contribution in [3.8, 4) is 5.75 Å². The summed E-state index contributed by atoms with van der Waals surface area (Å²) in [5.41, 5.74) is 2.70. The van der Waals surface area contributed by atoms with E-state index in [-0.39, 0.29) is 23.7 Å². The van der Waals surface area contributed by atoms with Gasteiger partial charge in [0.15, 0.2) is 0 Å². The molecule has 1 aliphatic rings. The van der Waals surface area contributed by atoms with Crippen molar-refractivity contribution in [1.29, 1.82) is 0 Å². The van der Waals surface area contributed by atoms with Crippen LogP contribution in [0.3, 0.4) is 0 Å². The zero-order valence-corrected chi connectivity index (χ0v) is 15.5. The third kappa shape index (κ3) is 4.35. The van der Waals surface area contributed by atoms with Gasteiger partial charge in [-0.2, -0.15) is 0 Å². The Balaban J connectivity index is 1.54. The molecule has 0 spiro atoms. The molecule has 3 rings (SSSR count). The highest BCUT2D eigenvalue weighted by Gasteiger charge is 2.48. The smallest absolute Gasteiger partial charge is 0.228 e. The lowest BCUT2D eigenvalue weighted by molar-refractivity contribution is -0.125. The molecule has 2 N–H and O–H groups in total. The van der Waals surface area contributed by atoms with Crippen molar-refractivity contribution >= 4 is 29.1 Å². The van der Waals surface area contributed by atoms with Crippen LogP contribution in [-0.4, -0.2) is 18.9 Å². The first kappa shape index (κ1) is 18.3. The highest BCUT2D eigenvalue weighted by Crippen LogP contribution is 2.40. The number of hydrogen-bond donors (Lipinski definition) is 2. The molecule has 2 aromatic rings. The van der Waals surface area contributed by atoms with Crippen LogP contribution in [0.1, 0.15) is 17.5 Å². The number of methoxy groups -OCH3 is 1. The molecule has 2 amide bonds. The number of hydrogen-bond acceptors (Lipinski definition) is 3. The summed E-state index contributed by atoms with van der Waals surface area (Å²) in [4.78, 5) is 24.7. The second kappa shape index (κ2) is 7.79. The maximum atomic E-state index is 12.4. The highest BCUT2D eigenvalue weighted by atomic mass is 35.5. The van der Waals surface area contributed by atoms with Crippen LogP contribution in [0.2, 0.25) is 5.02 Å². The van der Waals surface area contributed by atoms with Crippen molar-refractivity contribution in [2.45, 2.75) is 19.9 Å². The fourth-order valence-corrected chi connectivity index (χ4v) is 3.09. The predicted octanol–water partition coefficient (Wildman–Crippen LogP) is 3.55. The van der Waals surface area contributed by atoms with Crippen LogP contribution < -0.4 is 15.4 Å². The molecule has 0 saturated heterocycles. The molecule has 1 saturated carbocycles. The van der Waals surface area contributed by atoms with Crippen LogP contribution in [0, 0.1) is 18.8 Å². The molecule has 0 heterocycles. The summed E-state index contributed by atoms with van der Waals surface area (Å²) in [6, 6.07) is 13.0. The van der Waals surface area contributed by atoms with Crippen molar-refractivity contribution in [1.82, 2.24) is 5.32 Å². The largest absolute Gasteiger partial charge is 0.495 e. The number of carbonyl (C=O) groups is 2. The number of ether oxygens (including phenoxy) is 1. The summed E-state index contributed by atoms with van der Waals surface area (Å²) in [5, 5.41) is 6.21. The molecule has 2 aromatic carbocycles. The van der Waals surface area contributed by atoms with Gasteiger partial charge in [0, 0.05) is 11.6 Å². The van der Waals surface area contributed by atoms with E-state index in [9.17, 15) is 9.59 Å². The standard InChI is InChI=1S/C20H21ClN2O3/c1-12-4-3-5-13(8-12)11-22-19(24)15-10-16(15)20(25)23-17-9-14(21)6-7-18(17)26-2/h3-9,15-16H,10-11H2,1-2H3,(H,22,24)(H,23,25). The molecule has 6 heteroatoms. The zero-order chi connectivity index (χ0) is 18.7. The second-order valence-electron chi connectivity index (χ2n) is 6.49. The second-order valence-corrected chi connectivity index (χ2v) is 6.93. The number of carbonyl (C=O) groups excluding carboxylic acids is 2. The Bertz CT molecular complexity index is 838. The summed E-state index contributed by atoms with van der Waals surface area (Å²) in [6.45, 7) is 2.48. The maximum Gasteiger partial charge on any atom is 0.228 e. The summed E-state index contributed by atoms with van der Waals surface area (Å²) in [7, 11) is 1.53. The van der Waals surface area contributed by atoms with Gasteiger partial charge in [-0.05, 0) is 37.1 Å². The summed E-state index contributed by atoms with van der Waals surface area (Å²) < 4.78 is 5.22. The fourth-order valence-electron chi connectivity index (χ4n) is 2.92. The van der Waals surface area contributed by atoms with E-state index in [4.69, 9.17) is 16.3 Å². The Morgan fingerprint density at radius 1 is 1.15 bits per heavy atom. The number of halogens is 1. The van der Waals surface area contributed by atoms with E-state index >= 15 is 0 Å². The zero-order valence-electron chi connectivity index (χ0n) is 14.7. The van der Waals surface area contributed by atoms with Crippen molar-refractivity contribution < 1.29 is 14.3 Å². The molecule has 26 heavy (non-hydrogen) atoms. The minimum atomic E-state index is -0.323. The molecule has 5 nitrogen and oxygen atoms in total. The predicted molar refractivity (Wildman–Crippen MR) is 101 cm³/mol. The molecule has 0 aromatic heterocycles. The van der Waals surface area contributed by atoms with Gasteiger partial charge in [0.1, 0.15) is 5.75 Å². The first-order valence-corrected chi connectivity index (χ1v) is 8.83. The number of benzene rings is 2. The number of amides is 2. The van der Waals surface area contributed by atoms with Crippen LogP contribution >= 0.6 is 11.6 Å². The molecule has 1 aliphatic carbocycles. The average molecular weight is 373 g/mol. The summed E-state index contributed by atoms with van der Waals surface area (Å²) in [5.74, 6) is -0.365. The third-order valence-electron chi connectivity index (χ3n) is 4.43. The Morgan fingerprint density at radius 2 is 1.92 bits per heavy atom. The minimum Gasteiger partial charge on any atom is -0.495 e. The molecular formula is C20H21ClN2O3. The summed E-state index contributed by atoms with van der Waals surface area (Å²) >= 11 is 5.97. The van der Waals surface area contributed by atoms with Crippen molar-refractivity contribution in [2.75, 3.05) is 12.4 Å². The lowest BCUT2D eigenvalue weighted by atomic mass is 10.1. The van der Waals surface area contributed by atoms with Gasteiger partial charge in [-0.3, -0.25) is 9.59 Å². The van der Waals surface area contributed by atoms with Gasteiger partial charge in [-0.25, -0.2) is 0 Å². The Morgan fingerprint density at radius 3 is 2.65 bits per heavy atom. The van der Waals surface area contributed by atoms with Crippen LogP contribution in [0.4, 0.5) is 5.69 Å². The normalized spacial score (nSPS) is 18.1. The van der Waals surface area contributed by atoms with E-state index in [1.807, 2.05) is 31.2 Å². The number of nitrogens with one attached hydrogen (secondary N) is 2. The number of rotatable bonds is 6. The van der Waals surface area contributed by atoms with Gasteiger partial charge < -0.3 is 15.4 Å². The van der Waals surface area contributed by atoms with Gasteiger partial charge in [-0.1, -0.05) is 41.4 Å². The van der Waals surface area contributed by atoms with Crippen molar-refractivity contribution in [3.05, 3.63) is 58.6 Å². The van der Waals surface area contributed by atoms with E-state index in [0.29, 0.717) is 29.4 Å². The summed E-state index contributed by atoms with van der Waals surface area (Å²) in [6.07, 6.45) is 0.550. The SMILES string of the molecule is COc1ccc(Cl)cc1NC(=O)C1CC1C(=O)NCc1cccc(C)c1. The monoisotopic (exact) mass is 372 g/mol. The Kier molecular flexibility index (Phi) is 5.47. The number of aryl methyl sites for hydroxylation is 1. The van der Waals surface area contributed by atoms with Crippen molar-refractivity contribution in [2.24, 2.45) is 11.8 Å². The highest BCUT2D eigenvalue weighted by molar-refractivity contribution is 6.31. The quantitative estimate of drug-likeness (QED) is 0.814.